The minimum atomic E-state index is -0.291. The molecule has 2 fully saturated rings. The molecule has 2 saturated heterocycles. The number of rotatable bonds is 4. The number of nitrogens with zero attached hydrogens (tertiary/aromatic N) is 3. The highest BCUT2D eigenvalue weighted by molar-refractivity contribution is 7.80. The van der Waals surface area contributed by atoms with Gasteiger partial charge in [0.1, 0.15) is 0 Å². The van der Waals surface area contributed by atoms with Crippen molar-refractivity contribution in [2.45, 2.75) is 44.3 Å². The number of carbonyl (C=O) groups is 2. The van der Waals surface area contributed by atoms with E-state index < -0.39 is 0 Å². The van der Waals surface area contributed by atoms with E-state index in [4.69, 9.17) is 12.6 Å². The van der Waals surface area contributed by atoms with Gasteiger partial charge in [-0.2, -0.15) is 12.6 Å². The van der Waals surface area contributed by atoms with Crippen LogP contribution in [0.3, 0.4) is 0 Å². The topological polar surface area (TPSA) is 55.9 Å². The highest BCUT2D eigenvalue weighted by atomic mass is 32.1. The van der Waals surface area contributed by atoms with Crippen molar-refractivity contribution in [2.24, 2.45) is 0 Å². The van der Waals surface area contributed by atoms with Gasteiger partial charge in [0.25, 0.3) is 0 Å². The van der Waals surface area contributed by atoms with Gasteiger partial charge in [0, 0.05) is 51.4 Å². The van der Waals surface area contributed by atoms with Crippen LogP contribution in [-0.2, 0) is 22.7 Å². The first-order valence-corrected chi connectivity index (χ1v) is 11.9. The Balaban J connectivity index is 1.21. The van der Waals surface area contributed by atoms with Crippen molar-refractivity contribution in [1.82, 2.24) is 15.1 Å². The predicted octanol–water partition coefficient (Wildman–Crippen LogP) is 2.87. The molecule has 0 aromatic heterocycles. The number of benzene rings is 2. The molecule has 32 heavy (non-hydrogen) atoms. The fraction of sp³-hybridized carbons (Fsp3) is 0.440. The van der Waals surface area contributed by atoms with Gasteiger partial charge in [-0.05, 0) is 41.7 Å². The number of piperidine rings is 1. The maximum atomic E-state index is 12.3. The standard InChI is InChI=1S/C25H30N4O2S/c1-17-4-2-3-5-21(17)28-12-10-27(11-13-28)15-18-6-7-20-19(14-18)16-29(25(20)32)22-8-9-23(30)26-24(22)31/h2-7,14,22,25,32H,8-13,15-16H2,1H3,(H,26,30,31). The average molecular weight is 451 g/mol. The van der Waals surface area contributed by atoms with Gasteiger partial charge in [-0.1, -0.05) is 36.4 Å². The number of fused-ring (bicyclic) bond motifs is 1. The number of carbonyl (C=O) groups excluding carboxylic acids is 2. The molecule has 0 radical (unpaired) electrons. The van der Waals surface area contributed by atoms with Crippen LogP contribution in [-0.4, -0.2) is 53.8 Å². The zero-order chi connectivity index (χ0) is 22.2. The normalized spacial score (nSPS) is 24.5. The van der Waals surface area contributed by atoms with E-state index in [0.717, 1.165) is 32.7 Å². The first-order chi connectivity index (χ1) is 15.5. The maximum Gasteiger partial charge on any atom is 0.243 e. The Labute approximate surface area is 195 Å². The van der Waals surface area contributed by atoms with Gasteiger partial charge in [-0.3, -0.25) is 24.7 Å². The van der Waals surface area contributed by atoms with E-state index in [-0.39, 0.29) is 23.2 Å². The summed E-state index contributed by atoms with van der Waals surface area (Å²) in [6, 6.07) is 15.0. The summed E-state index contributed by atoms with van der Waals surface area (Å²) in [7, 11) is 0. The third-order valence-electron chi connectivity index (χ3n) is 7.00. The number of piperazine rings is 1. The number of para-hydroxylation sites is 1. The van der Waals surface area contributed by atoms with Gasteiger partial charge >= 0.3 is 0 Å². The smallest absolute Gasteiger partial charge is 0.243 e. The molecular formula is C25H30N4O2S. The van der Waals surface area contributed by atoms with Gasteiger partial charge in [0.05, 0.1) is 11.4 Å². The second-order valence-corrected chi connectivity index (χ2v) is 9.58. The lowest BCUT2D eigenvalue weighted by Crippen LogP contribution is -2.51. The van der Waals surface area contributed by atoms with Gasteiger partial charge in [0.15, 0.2) is 0 Å². The fourth-order valence-corrected chi connectivity index (χ4v) is 5.71. The highest BCUT2D eigenvalue weighted by Gasteiger charge is 2.39. The van der Waals surface area contributed by atoms with E-state index in [2.05, 4.69) is 69.4 Å². The molecule has 5 rings (SSSR count). The molecule has 3 aliphatic rings. The number of aryl methyl sites for hydroxylation is 1. The van der Waals surface area contributed by atoms with Crippen molar-refractivity contribution < 1.29 is 9.59 Å². The van der Waals surface area contributed by atoms with E-state index in [1.165, 1.54) is 27.9 Å². The first-order valence-electron chi connectivity index (χ1n) is 11.4. The summed E-state index contributed by atoms with van der Waals surface area (Å²) in [5, 5.41) is 2.36. The minimum absolute atomic E-state index is 0.111. The number of imide groups is 1. The number of hydrogen-bond donors (Lipinski definition) is 2. The van der Waals surface area contributed by atoms with E-state index in [1.54, 1.807) is 0 Å². The van der Waals surface area contributed by atoms with Gasteiger partial charge < -0.3 is 4.90 Å². The van der Waals surface area contributed by atoms with Crippen LogP contribution in [0.1, 0.15) is 40.5 Å². The molecule has 0 saturated carbocycles. The molecule has 7 heteroatoms. The molecule has 2 unspecified atom stereocenters. The van der Waals surface area contributed by atoms with E-state index in [1.807, 2.05) is 0 Å². The lowest BCUT2D eigenvalue weighted by Gasteiger charge is -2.36. The summed E-state index contributed by atoms with van der Waals surface area (Å²) in [6.45, 7) is 7.98. The van der Waals surface area contributed by atoms with Crippen molar-refractivity contribution in [2.75, 3.05) is 31.1 Å². The molecule has 0 bridgehead atoms. The monoisotopic (exact) mass is 450 g/mol. The third-order valence-corrected chi connectivity index (χ3v) is 7.57. The molecule has 0 aliphatic carbocycles. The molecule has 2 atom stereocenters. The van der Waals surface area contributed by atoms with Crippen LogP contribution in [0.15, 0.2) is 42.5 Å². The molecule has 3 heterocycles. The van der Waals surface area contributed by atoms with Gasteiger partial charge in [-0.25, -0.2) is 0 Å². The van der Waals surface area contributed by atoms with Gasteiger partial charge in [0.2, 0.25) is 11.8 Å². The Bertz CT molecular complexity index is 1030. The largest absolute Gasteiger partial charge is 0.369 e. The highest BCUT2D eigenvalue weighted by Crippen LogP contribution is 2.39. The van der Waals surface area contributed by atoms with Crippen molar-refractivity contribution >= 4 is 30.1 Å². The lowest BCUT2D eigenvalue weighted by atomic mass is 10.0. The van der Waals surface area contributed by atoms with Crippen LogP contribution >= 0.6 is 12.6 Å². The third kappa shape index (κ3) is 4.17. The van der Waals surface area contributed by atoms with E-state index in [0.29, 0.717) is 19.4 Å². The minimum Gasteiger partial charge on any atom is -0.369 e. The summed E-state index contributed by atoms with van der Waals surface area (Å²) < 4.78 is 0. The average Bonchev–Trinajstić information content (AvgIpc) is 3.10. The Morgan fingerprint density at radius 3 is 2.59 bits per heavy atom. The Morgan fingerprint density at radius 1 is 1.06 bits per heavy atom. The molecule has 2 amide bonds. The number of nitrogens with one attached hydrogen (secondary N) is 1. The van der Waals surface area contributed by atoms with Crippen LogP contribution in [0, 0.1) is 6.92 Å². The predicted molar refractivity (Wildman–Crippen MR) is 129 cm³/mol. The van der Waals surface area contributed by atoms with Crippen LogP contribution < -0.4 is 10.2 Å². The number of thiol groups is 1. The van der Waals surface area contributed by atoms with Crippen LogP contribution in [0.2, 0.25) is 0 Å². The maximum absolute atomic E-state index is 12.3. The molecule has 168 valence electrons. The summed E-state index contributed by atoms with van der Waals surface area (Å²) in [5.74, 6) is -0.372. The van der Waals surface area contributed by atoms with Crippen molar-refractivity contribution in [3.8, 4) is 0 Å². The van der Waals surface area contributed by atoms with E-state index in [9.17, 15) is 9.59 Å². The molecule has 1 N–H and O–H groups in total. The molecule has 0 spiro atoms. The number of hydrogen-bond acceptors (Lipinski definition) is 6. The zero-order valence-electron chi connectivity index (χ0n) is 18.5. The summed E-state index contributed by atoms with van der Waals surface area (Å²) in [4.78, 5) is 31.0. The van der Waals surface area contributed by atoms with Crippen LogP contribution in [0.25, 0.3) is 0 Å². The molecule has 3 aliphatic heterocycles. The molecule has 6 nitrogen and oxygen atoms in total. The summed E-state index contributed by atoms with van der Waals surface area (Å²) in [5.41, 5.74) is 6.40. The molecule has 2 aromatic carbocycles. The summed E-state index contributed by atoms with van der Waals surface area (Å²) in [6.07, 6.45) is 0.956. The fourth-order valence-electron chi connectivity index (χ4n) is 5.21. The van der Waals surface area contributed by atoms with E-state index >= 15 is 0 Å². The first kappa shape index (κ1) is 21.5. The quantitative estimate of drug-likeness (QED) is 0.554. The summed E-state index contributed by atoms with van der Waals surface area (Å²) >= 11 is 4.80. The van der Waals surface area contributed by atoms with Crippen LogP contribution in [0.4, 0.5) is 5.69 Å². The SMILES string of the molecule is Cc1ccccc1N1CCN(Cc2ccc3c(c2)CN(C2CCC(=O)NC2=O)C3S)CC1. The molecular weight excluding hydrogens is 420 g/mol. The van der Waals surface area contributed by atoms with Crippen molar-refractivity contribution in [1.29, 1.82) is 0 Å². The molecule has 2 aromatic rings. The number of anilines is 1. The Morgan fingerprint density at radius 2 is 1.84 bits per heavy atom. The van der Waals surface area contributed by atoms with Crippen molar-refractivity contribution in [3.05, 3.63) is 64.7 Å². The van der Waals surface area contributed by atoms with Crippen molar-refractivity contribution in [3.63, 3.8) is 0 Å². The Kier molecular flexibility index (Phi) is 5.97. The lowest BCUT2D eigenvalue weighted by molar-refractivity contribution is -0.137. The second kappa shape index (κ2) is 8.89. The number of amides is 2. The van der Waals surface area contributed by atoms with Gasteiger partial charge in [-0.15, -0.1) is 0 Å². The van der Waals surface area contributed by atoms with Crippen LogP contribution in [0.5, 0.6) is 0 Å². The zero-order valence-corrected chi connectivity index (χ0v) is 19.4. The second-order valence-electron chi connectivity index (χ2n) is 9.10. The Hall–Kier alpha value is -2.35.